The van der Waals surface area contributed by atoms with Gasteiger partial charge in [-0.05, 0) is 54.9 Å². The van der Waals surface area contributed by atoms with Gasteiger partial charge in [-0.3, -0.25) is 9.36 Å². The van der Waals surface area contributed by atoms with Gasteiger partial charge in [0.15, 0.2) is 5.58 Å². The molecule has 1 amide bonds. The molecule has 0 aliphatic carbocycles. The summed E-state index contributed by atoms with van der Waals surface area (Å²) in [6.45, 7) is 3.64. The normalized spacial score (nSPS) is 18.4. The molecule has 3 aromatic rings. The Morgan fingerprint density at radius 2 is 2.05 bits per heavy atom. The van der Waals surface area contributed by atoms with Gasteiger partial charge in [-0.15, -0.1) is 0 Å². The van der Waals surface area contributed by atoms with Crippen LogP contribution in [-0.2, 0) is 32.0 Å². The molecule has 1 aliphatic heterocycles. The lowest BCUT2D eigenvalue weighted by Crippen LogP contribution is -2.49. The summed E-state index contributed by atoms with van der Waals surface area (Å²) in [6.07, 6.45) is -0.149. The van der Waals surface area contributed by atoms with Crippen molar-refractivity contribution < 1.29 is 27.8 Å². The Labute approximate surface area is 244 Å². The maximum absolute atomic E-state index is 15.3. The first-order valence-electron chi connectivity index (χ1n) is 14.0. The van der Waals surface area contributed by atoms with E-state index in [1.807, 2.05) is 13.1 Å². The standard InChI is InChI=1S/C30H38FN5O6/c1-35(12-13-39-2)10-11-36-26-16-21(6-7-27(26)42-30(36)38)20-4-5-22(25(31)15-20)14-23(17-32)34-29(37)28-18-33-9-8-24(40-3)19-41-28/h4-7,15-16,23-24,28,33H,8-14,18-19H2,1-3H3,(H,34,37). The predicted octanol–water partition coefficient (Wildman–Crippen LogP) is 1.92. The van der Waals surface area contributed by atoms with Gasteiger partial charge < -0.3 is 34.2 Å². The van der Waals surface area contributed by atoms with Crippen LogP contribution >= 0.6 is 0 Å². The van der Waals surface area contributed by atoms with E-state index in [2.05, 4.69) is 15.5 Å². The number of rotatable bonds is 12. The molecule has 0 bridgehead atoms. The summed E-state index contributed by atoms with van der Waals surface area (Å²) in [5, 5.41) is 15.5. The predicted molar refractivity (Wildman–Crippen MR) is 155 cm³/mol. The van der Waals surface area contributed by atoms with Gasteiger partial charge >= 0.3 is 5.76 Å². The smallest absolute Gasteiger partial charge is 0.408 e. The summed E-state index contributed by atoms with van der Waals surface area (Å²) in [4.78, 5) is 27.4. The van der Waals surface area contributed by atoms with E-state index in [1.165, 1.54) is 6.07 Å². The third kappa shape index (κ3) is 8.02. The first-order chi connectivity index (χ1) is 20.3. The van der Waals surface area contributed by atoms with Crippen LogP contribution in [0.4, 0.5) is 4.39 Å². The molecule has 1 aliphatic rings. The van der Waals surface area contributed by atoms with Crippen molar-refractivity contribution in [2.75, 3.05) is 60.7 Å². The number of fused-ring (bicyclic) bond motifs is 1. The van der Waals surface area contributed by atoms with E-state index in [1.54, 1.807) is 49.1 Å². The SMILES string of the molecule is COCCN(C)CCn1c(=O)oc2ccc(-c3ccc(CC(C#N)NC(=O)C4CNCCC(OC)CO4)c(F)c3)cc21. The molecule has 1 aromatic heterocycles. The van der Waals surface area contributed by atoms with Crippen LogP contribution in [0.3, 0.4) is 0 Å². The van der Waals surface area contributed by atoms with Crippen LogP contribution in [0.15, 0.2) is 45.6 Å². The molecule has 12 heteroatoms. The molecular weight excluding hydrogens is 545 g/mol. The fourth-order valence-corrected chi connectivity index (χ4v) is 4.81. The fraction of sp³-hybridized carbons (Fsp3) is 0.500. The topological polar surface area (TPSA) is 131 Å². The van der Waals surface area contributed by atoms with E-state index in [4.69, 9.17) is 18.6 Å². The van der Waals surface area contributed by atoms with Crippen molar-refractivity contribution >= 4 is 17.0 Å². The van der Waals surface area contributed by atoms with E-state index in [9.17, 15) is 14.9 Å². The zero-order valence-corrected chi connectivity index (χ0v) is 24.2. The minimum absolute atomic E-state index is 0.00784. The number of benzene rings is 2. The highest BCUT2D eigenvalue weighted by atomic mass is 19.1. The quantitative estimate of drug-likeness (QED) is 0.328. The third-order valence-electron chi connectivity index (χ3n) is 7.41. The number of likely N-dealkylation sites (N-methyl/N-ethyl adjacent to an activating group) is 1. The summed E-state index contributed by atoms with van der Waals surface area (Å²) in [7, 11) is 5.19. The number of aromatic nitrogens is 1. The van der Waals surface area contributed by atoms with Gasteiger partial charge in [0.25, 0.3) is 5.91 Å². The highest BCUT2D eigenvalue weighted by Gasteiger charge is 2.26. The van der Waals surface area contributed by atoms with Crippen LogP contribution in [0.25, 0.3) is 22.2 Å². The molecule has 4 rings (SSSR count). The lowest BCUT2D eigenvalue weighted by Gasteiger charge is -2.25. The Bertz CT molecular complexity index is 1450. The van der Waals surface area contributed by atoms with E-state index >= 15 is 4.39 Å². The lowest BCUT2D eigenvalue weighted by molar-refractivity contribution is -0.136. The van der Waals surface area contributed by atoms with Crippen LogP contribution in [-0.4, -0.2) is 94.3 Å². The maximum atomic E-state index is 15.3. The minimum Gasteiger partial charge on any atom is -0.408 e. The van der Waals surface area contributed by atoms with Crippen molar-refractivity contribution in [2.45, 2.75) is 37.6 Å². The second kappa shape index (κ2) is 15.0. The van der Waals surface area contributed by atoms with Crippen molar-refractivity contribution in [1.29, 1.82) is 5.26 Å². The zero-order chi connectivity index (χ0) is 30.1. The number of hydrogen-bond donors (Lipinski definition) is 2. The highest BCUT2D eigenvalue weighted by molar-refractivity contribution is 5.82. The van der Waals surface area contributed by atoms with Crippen molar-refractivity contribution in [2.24, 2.45) is 0 Å². The number of methoxy groups -OCH3 is 2. The third-order valence-corrected chi connectivity index (χ3v) is 7.41. The second-order valence-corrected chi connectivity index (χ2v) is 10.4. The van der Waals surface area contributed by atoms with Crippen LogP contribution in [0, 0.1) is 17.1 Å². The minimum atomic E-state index is -0.941. The largest absolute Gasteiger partial charge is 0.419 e. The number of hydrogen-bond acceptors (Lipinski definition) is 9. The van der Waals surface area contributed by atoms with Crippen LogP contribution in [0.2, 0.25) is 0 Å². The summed E-state index contributed by atoms with van der Waals surface area (Å²) < 4.78 is 38.4. The Morgan fingerprint density at radius 3 is 2.79 bits per heavy atom. The maximum Gasteiger partial charge on any atom is 0.419 e. The second-order valence-electron chi connectivity index (χ2n) is 10.4. The highest BCUT2D eigenvalue weighted by Crippen LogP contribution is 2.26. The van der Waals surface area contributed by atoms with Gasteiger partial charge in [0.1, 0.15) is 18.0 Å². The molecule has 0 radical (unpaired) electrons. The molecule has 42 heavy (non-hydrogen) atoms. The number of oxazole rings is 1. The van der Waals surface area contributed by atoms with Crippen molar-refractivity contribution in [3.8, 4) is 17.2 Å². The van der Waals surface area contributed by atoms with Gasteiger partial charge in [0.2, 0.25) is 0 Å². The Balaban J connectivity index is 1.44. The number of nitrogens with one attached hydrogen (secondary N) is 2. The number of halogens is 1. The van der Waals surface area contributed by atoms with E-state index in [0.717, 1.165) is 13.0 Å². The van der Waals surface area contributed by atoms with Gasteiger partial charge in [0, 0.05) is 46.8 Å². The zero-order valence-electron chi connectivity index (χ0n) is 24.2. The molecule has 0 spiro atoms. The van der Waals surface area contributed by atoms with Crippen molar-refractivity contribution in [3.05, 3.63) is 58.3 Å². The molecule has 11 nitrogen and oxygen atoms in total. The number of nitriles is 1. The molecule has 226 valence electrons. The summed E-state index contributed by atoms with van der Waals surface area (Å²) in [6, 6.07) is 11.1. The average Bonchev–Trinajstić information content (AvgIpc) is 3.29. The summed E-state index contributed by atoms with van der Waals surface area (Å²) >= 11 is 0. The number of ether oxygens (including phenoxy) is 3. The van der Waals surface area contributed by atoms with Crippen LogP contribution in [0.1, 0.15) is 12.0 Å². The van der Waals surface area contributed by atoms with E-state index < -0.39 is 29.6 Å². The first-order valence-corrected chi connectivity index (χ1v) is 14.0. The van der Waals surface area contributed by atoms with Gasteiger partial charge in [-0.2, -0.15) is 5.26 Å². The molecule has 3 atom stereocenters. The van der Waals surface area contributed by atoms with E-state index in [0.29, 0.717) is 60.6 Å². The van der Waals surface area contributed by atoms with E-state index in [-0.39, 0.29) is 19.1 Å². The van der Waals surface area contributed by atoms with Crippen molar-refractivity contribution in [1.82, 2.24) is 20.1 Å². The Morgan fingerprint density at radius 1 is 1.26 bits per heavy atom. The van der Waals surface area contributed by atoms with Gasteiger partial charge in [-0.25, -0.2) is 9.18 Å². The monoisotopic (exact) mass is 583 g/mol. The Hall–Kier alpha value is -3.60. The lowest BCUT2D eigenvalue weighted by atomic mass is 10.00. The molecule has 3 unspecified atom stereocenters. The van der Waals surface area contributed by atoms with Crippen LogP contribution < -0.4 is 16.4 Å². The summed E-state index contributed by atoms with van der Waals surface area (Å²) in [5.74, 6) is -1.39. The van der Waals surface area contributed by atoms with Gasteiger partial charge in [0.05, 0.1) is 30.9 Å². The molecule has 1 saturated heterocycles. The molecule has 0 saturated carbocycles. The number of carbonyl (C=O) groups excluding carboxylic acids is 1. The molecule has 2 N–H and O–H groups in total. The first kappa shape index (κ1) is 31.3. The molecule has 2 aromatic carbocycles. The number of amides is 1. The number of nitrogens with zero attached hydrogens (tertiary/aromatic N) is 3. The molecular formula is C30H38FN5O6. The van der Waals surface area contributed by atoms with Gasteiger partial charge in [-0.1, -0.05) is 18.2 Å². The average molecular weight is 584 g/mol. The molecule has 1 fully saturated rings. The Kier molecular flexibility index (Phi) is 11.2. The van der Waals surface area contributed by atoms with Crippen molar-refractivity contribution in [3.63, 3.8) is 0 Å². The fourth-order valence-electron chi connectivity index (χ4n) is 4.81. The summed E-state index contributed by atoms with van der Waals surface area (Å²) in [5.41, 5.74) is 2.69. The van der Waals surface area contributed by atoms with Crippen LogP contribution in [0.5, 0.6) is 0 Å². The number of carbonyl (C=O) groups is 1. The molecule has 2 heterocycles.